The number of fused-ring (bicyclic) bond motifs is 7. The van der Waals surface area contributed by atoms with Crippen LogP contribution in [0, 0.1) is 11.3 Å². The summed E-state index contributed by atoms with van der Waals surface area (Å²) in [4.78, 5) is 14.4. The lowest BCUT2D eigenvalue weighted by Crippen LogP contribution is -2.17. The van der Waals surface area contributed by atoms with Crippen molar-refractivity contribution in [3.8, 4) is 39.4 Å². The van der Waals surface area contributed by atoms with E-state index in [1.54, 1.807) is 22.7 Å². The zero-order valence-electron chi connectivity index (χ0n) is 28.4. The molecule has 0 unspecified atom stereocenters. The van der Waals surface area contributed by atoms with Gasteiger partial charge in [-0.2, -0.15) is 5.26 Å². The Morgan fingerprint density at radius 2 is 1.27 bits per heavy atom. The van der Waals surface area contributed by atoms with Gasteiger partial charge in [0.25, 0.3) is 0 Å². The minimum atomic E-state index is -1.23. The number of carbonyl (C=O) groups is 1. The number of carboxylic acid groups (broad SMARTS) is 1. The molecule has 9 rings (SSSR count). The summed E-state index contributed by atoms with van der Waals surface area (Å²) in [6.07, 6.45) is 3.49. The van der Waals surface area contributed by atoms with E-state index in [0.717, 1.165) is 40.6 Å². The molecule has 52 heavy (non-hydrogen) atoms. The van der Waals surface area contributed by atoms with Gasteiger partial charge in [0, 0.05) is 38.1 Å². The van der Waals surface area contributed by atoms with Crippen molar-refractivity contribution in [3.05, 3.63) is 150 Å². The lowest BCUT2D eigenvalue weighted by Gasteiger charge is -2.26. The number of carboxylic acids is 1. The first kappa shape index (κ1) is 31.9. The molecule has 1 aliphatic rings. The van der Waals surface area contributed by atoms with Crippen LogP contribution in [0.2, 0.25) is 0 Å². The van der Waals surface area contributed by atoms with E-state index in [2.05, 4.69) is 109 Å². The van der Waals surface area contributed by atoms with E-state index in [1.165, 1.54) is 70.3 Å². The molecule has 8 aromatic rings. The van der Waals surface area contributed by atoms with Gasteiger partial charge in [0.2, 0.25) is 0 Å². The molecule has 6 heteroatoms. The van der Waals surface area contributed by atoms with Crippen molar-refractivity contribution < 1.29 is 9.90 Å². The van der Waals surface area contributed by atoms with Gasteiger partial charge in [-0.1, -0.05) is 84.9 Å². The lowest BCUT2D eigenvalue weighted by atomic mass is 9.91. The van der Waals surface area contributed by atoms with Crippen molar-refractivity contribution in [1.29, 1.82) is 5.26 Å². The van der Waals surface area contributed by atoms with E-state index in [-0.39, 0.29) is 5.57 Å². The van der Waals surface area contributed by atoms with E-state index >= 15 is 0 Å². The quantitative estimate of drug-likeness (QED) is 0.138. The molecular formula is C46H32N2O2S2. The van der Waals surface area contributed by atoms with Crippen LogP contribution in [0.25, 0.3) is 69.0 Å². The van der Waals surface area contributed by atoms with E-state index in [0.29, 0.717) is 5.56 Å². The number of nitrogens with zero attached hydrogens (tertiary/aromatic N) is 2. The maximum absolute atomic E-state index is 11.9. The highest BCUT2D eigenvalue weighted by Gasteiger charge is 2.22. The first-order valence-corrected chi connectivity index (χ1v) is 19.1. The van der Waals surface area contributed by atoms with Gasteiger partial charge in [0.05, 0.1) is 9.40 Å². The van der Waals surface area contributed by atoms with Crippen molar-refractivity contribution in [3.63, 3.8) is 0 Å². The van der Waals surface area contributed by atoms with Crippen LogP contribution in [0.1, 0.15) is 23.6 Å². The second kappa shape index (κ2) is 13.0. The number of rotatable bonds is 6. The summed E-state index contributed by atoms with van der Waals surface area (Å²) in [5.74, 6) is -1.23. The molecular weight excluding hydrogens is 677 g/mol. The Morgan fingerprint density at radius 1 is 0.692 bits per heavy atom. The van der Waals surface area contributed by atoms with Crippen LogP contribution in [0.4, 0.5) is 11.4 Å². The zero-order valence-corrected chi connectivity index (χ0v) is 30.0. The molecule has 4 nitrogen and oxygen atoms in total. The van der Waals surface area contributed by atoms with Gasteiger partial charge < -0.3 is 10.0 Å². The van der Waals surface area contributed by atoms with Gasteiger partial charge in [-0.05, 0) is 118 Å². The fourth-order valence-corrected chi connectivity index (χ4v) is 10.4. The van der Waals surface area contributed by atoms with Crippen LogP contribution in [0.15, 0.2) is 133 Å². The molecule has 1 aliphatic heterocycles. The average molecular weight is 709 g/mol. The standard InChI is InChI=1S/C46H32N2O2S2/c1-2-48-40-16-10-9-15-30(40)17-18-32-21-31(19-20-41(32)48)36-24-39-43(26-37(36)29-13-7-4-8-14-29)52-44-38-23-33(22-34(27-47)46(49)50)35(25-42(38)51-45(39)44)28-11-5-3-6-12-28/h3-16,19-26H,2,17-18H2,1H3,(H,49,50)/b34-22+. The average Bonchev–Trinajstić information content (AvgIpc) is 3.66. The molecule has 0 spiro atoms. The second-order valence-electron chi connectivity index (χ2n) is 13.1. The summed E-state index contributed by atoms with van der Waals surface area (Å²) in [6, 6.07) is 47.2. The number of aliphatic carboxylic acids is 1. The normalized spacial score (nSPS) is 12.8. The highest BCUT2D eigenvalue weighted by atomic mass is 32.1. The predicted molar refractivity (Wildman–Crippen MR) is 219 cm³/mol. The van der Waals surface area contributed by atoms with E-state index in [4.69, 9.17) is 0 Å². The number of nitriles is 1. The van der Waals surface area contributed by atoms with Crippen molar-refractivity contribution in [2.75, 3.05) is 11.4 Å². The number of thiophene rings is 2. The van der Waals surface area contributed by atoms with Crippen molar-refractivity contribution in [1.82, 2.24) is 0 Å². The Hall–Kier alpha value is -6.00. The highest BCUT2D eigenvalue weighted by Crippen LogP contribution is 2.49. The lowest BCUT2D eigenvalue weighted by molar-refractivity contribution is -0.132. The number of benzene rings is 6. The van der Waals surface area contributed by atoms with Crippen LogP contribution in [-0.4, -0.2) is 17.6 Å². The predicted octanol–water partition coefficient (Wildman–Crippen LogP) is 12.5. The summed E-state index contributed by atoms with van der Waals surface area (Å²) in [5, 5.41) is 21.7. The van der Waals surface area contributed by atoms with Crippen molar-refractivity contribution in [2.24, 2.45) is 0 Å². The summed E-state index contributed by atoms with van der Waals surface area (Å²) in [7, 11) is 0. The Balaban J connectivity index is 1.26. The summed E-state index contributed by atoms with van der Waals surface area (Å²) >= 11 is 3.55. The van der Waals surface area contributed by atoms with Gasteiger partial charge in [-0.3, -0.25) is 0 Å². The number of hydrogen-bond donors (Lipinski definition) is 1. The molecule has 0 atom stereocenters. The molecule has 0 saturated carbocycles. The summed E-state index contributed by atoms with van der Waals surface area (Å²) in [5.41, 5.74) is 12.4. The number of hydrogen-bond acceptors (Lipinski definition) is 5. The third kappa shape index (κ3) is 5.38. The minimum Gasteiger partial charge on any atom is -0.477 e. The molecule has 6 aromatic carbocycles. The van der Waals surface area contributed by atoms with Crippen LogP contribution in [0.3, 0.4) is 0 Å². The maximum atomic E-state index is 11.9. The van der Waals surface area contributed by atoms with Gasteiger partial charge >= 0.3 is 5.97 Å². The van der Waals surface area contributed by atoms with Crippen molar-refractivity contribution in [2.45, 2.75) is 19.8 Å². The third-order valence-corrected chi connectivity index (χ3v) is 12.7. The Labute approximate surface area is 309 Å². The molecule has 0 radical (unpaired) electrons. The molecule has 250 valence electrons. The minimum absolute atomic E-state index is 0.289. The Morgan fingerprint density at radius 3 is 1.94 bits per heavy atom. The second-order valence-corrected chi connectivity index (χ2v) is 15.2. The number of aryl methyl sites for hydroxylation is 2. The van der Waals surface area contributed by atoms with Gasteiger partial charge in [0.1, 0.15) is 11.6 Å². The molecule has 0 bridgehead atoms. The smallest absolute Gasteiger partial charge is 0.346 e. The van der Waals surface area contributed by atoms with Crippen LogP contribution < -0.4 is 4.90 Å². The summed E-state index contributed by atoms with van der Waals surface area (Å²) in [6.45, 7) is 3.13. The van der Waals surface area contributed by atoms with Crippen LogP contribution in [0.5, 0.6) is 0 Å². The highest BCUT2D eigenvalue weighted by molar-refractivity contribution is 7.36. The van der Waals surface area contributed by atoms with Gasteiger partial charge in [-0.15, -0.1) is 22.7 Å². The maximum Gasteiger partial charge on any atom is 0.346 e. The van der Waals surface area contributed by atoms with Crippen molar-refractivity contribution >= 4 is 75.7 Å². The Kier molecular flexibility index (Phi) is 7.96. The topological polar surface area (TPSA) is 64.3 Å². The molecule has 0 aliphatic carbocycles. The van der Waals surface area contributed by atoms with Gasteiger partial charge in [-0.25, -0.2) is 4.79 Å². The third-order valence-electron chi connectivity index (χ3n) is 10.2. The number of anilines is 2. The largest absolute Gasteiger partial charge is 0.477 e. The molecule has 0 fully saturated rings. The first-order valence-electron chi connectivity index (χ1n) is 17.4. The number of para-hydroxylation sites is 1. The van der Waals surface area contributed by atoms with Crippen LogP contribution >= 0.6 is 22.7 Å². The fourth-order valence-electron chi connectivity index (χ4n) is 7.69. The SMILES string of the molecule is CCN1c2ccccc2CCc2cc(-c3cc4c(cc3-c3ccccc3)sc3c5cc(/C=C(\C#N)C(=O)O)c(-c6ccccc6)cc5sc43)ccc21. The van der Waals surface area contributed by atoms with Crippen LogP contribution in [-0.2, 0) is 17.6 Å². The molecule has 0 saturated heterocycles. The zero-order chi connectivity index (χ0) is 35.3. The fraction of sp³-hybridized carbons (Fsp3) is 0.0870. The first-order chi connectivity index (χ1) is 25.5. The molecule has 3 heterocycles. The Bertz CT molecular complexity index is 2770. The van der Waals surface area contributed by atoms with Gasteiger partial charge in [0.15, 0.2) is 0 Å². The van der Waals surface area contributed by atoms with E-state index in [9.17, 15) is 15.2 Å². The molecule has 1 N–H and O–H groups in total. The van der Waals surface area contributed by atoms with E-state index < -0.39 is 5.97 Å². The van der Waals surface area contributed by atoms with E-state index in [1.807, 2.05) is 36.4 Å². The molecule has 2 aromatic heterocycles. The molecule has 0 amide bonds. The monoisotopic (exact) mass is 708 g/mol. The summed E-state index contributed by atoms with van der Waals surface area (Å²) < 4.78 is 4.73.